The Labute approximate surface area is 107 Å². The zero-order valence-corrected chi connectivity index (χ0v) is 11.2. The molecule has 0 aromatic carbocycles. The van der Waals surface area contributed by atoms with Crippen LogP contribution in [0.2, 0.25) is 0 Å². The summed E-state index contributed by atoms with van der Waals surface area (Å²) in [5, 5.41) is 0. The Kier molecular flexibility index (Phi) is 8.08. The summed E-state index contributed by atoms with van der Waals surface area (Å²) in [6.07, 6.45) is 18.8. The second kappa shape index (κ2) is 9.47. The minimum Gasteiger partial charge on any atom is -0.330 e. The van der Waals surface area contributed by atoms with Crippen molar-refractivity contribution in [3.8, 4) is 0 Å². The Bertz CT molecular complexity index is 212. The van der Waals surface area contributed by atoms with Gasteiger partial charge in [0.25, 0.3) is 0 Å². The van der Waals surface area contributed by atoms with Gasteiger partial charge in [0.1, 0.15) is 0 Å². The summed E-state index contributed by atoms with van der Waals surface area (Å²) in [7, 11) is 0. The number of rotatable bonds is 8. The predicted molar refractivity (Wildman–Crippen MR) is 76.9 cm³/mol. The van der Waals surface area contributed by atoms with Crippen molar-refractivity contribution in [2.45, 2.75) is 57.8 Å². The fourth-order valence-electron chi connectivity index (χ4n) is 2.62. The second-order valence-electron chi connectivity index (χ2n) is 5.33. The minimum absolute atomic E-state index is 0.788. The first kappa shape index (κ1) is 14.5. The summed E-state index contributed by atoms with van der Waals surface area (Å²) in [5.41, 5.74) is 5.47. The maximum Gasteiger partial charge on any atom is -0.00773 e. The van der Waals surface area contributed by atoms with Crippen LogP contribution in [-0.4, -0.2) is 6.54 Å². The highest BCUT2D eigenvalue weighted by atomic mass is 14.5. The standard InChI is InChI=1S/C16H29N/c1-2-15-10-12-16(13-11-15)9-7-5-3-4-6-8-14-17/h2,7,9,15-16H,1,3-6,8,10-14,17H2/b9-7+. The molecule has 0 spiro atoms. The first-order valence-electron chi connectivity index (χ1n) is 7.36. The fraction of sp³-hybridized carbons (Fsp3) is 0.750. The minimum atomic E-state index is 0.788. The number of unbranched alkanes of at least 4 members (excludes halogenated alkanes) is 4. The van der Waals surface area contributed by atoms with Crippen molar-refractivity contribution in [2.24, 2.45) is 17.6 Å². The third-order valence-electron chi connectivity index (χ3n) is 3.88. The molecule has 1 aliphatic rings. The second-order valence-corrected chi connectivity index (χ2v) is 5.33. The third-order valence-corrected chi connectivity index (χ3v) is 3.88. The summed E-state index contributed by atoms with van der Waals surface area (Å²) in [5.74, 6) is 1.63. The molecule has 98 valence electrons. The molecule has 0 heterocycles. The molecule has 0 amide bonds. The monoisotopic (exact) mass is 235 g/mol. The van der Waals surface area contributed by atoms with Gasteiger partial charge < -0.3 is 5.73 Å². The van der Waals surface area contributed by atoms with Gasteiger partial charge in [-0.3, -0.25) is 0 Å². The largest absolute Gasteiger partial charge is 0.330 e. The van der Waals surface area contributed by atoms with Crippen LogP contribution in [0.4, 0.5) is 0 Å². The Morgan fingerprint density at radius 3 is 2.24 bits per heavy atom. The number of hydrogen-bond donors (Lipinski definition) is 1. The average molecular weight is 235 g/mol. The Balaban J connectivity index is 1.99. The lowest BCUT2D eigenvalue weighted by atomic mass is 9.82. The molecule has 1 fully saturated rings. The van der Waals surface area contributed by atoms with Gasteiger partial charge in [-0.1, -0.05) is 31.1 Å². The highest BCUT2D eigenvalue weighted by Crippen LogP contribution is 2.30. The van der Waals surface area contributed by atoms with Crippen LogP contribution in [0.3, 0.4) is 0 Å². The first-order valence-corrected chi connectivity index (χ1v) is 7.36. The van der Waals surface area contributed by atoms with Crippen molar-refractivity contribution in [1.82, 2.24) is 0 Å². The SMILES string of the molecule is C=CC1CCC(/C=C/CCCCCCN)CC1. The van der Waals surface area contributed by atoms with Crippen LogP contribution < -0.4 is 5.73 Å². The van der Waals surface area contributed by atoms with Crippen LogP contribution >= 0.6 is 0 Å². The van der Waals surface area contributed by atoms with Crippen molar-refractivity contribution in [2.75, 3.05) is 6.54 Å². The molecule has 0 radical (unpaired) electrons. The van der Waals surface area contributed by atoms with Gasteiger partial charge in [0.15, 0.2) is 0 Å². The molecule has 1 nitrogen and oxygen atoms in total. The molecule has 0 bridgehead atoms. The quantitative estimate of drug-likeness (QED) is 0.488. The highest BCUT2D eigenvalue weighted by Gasteiger charge is 2.16. The molecule has 1 heteroatoms. The molecule has 1 saturated carbocycles. The number of nitrogens with two attached hydrogens (primary N) is 1. The van der Waals surface area contributed by atoms with Crippen LogP contribution in [0.1, 0.15) is 57.8 Å². The summed E-state index contributed by atoms with van der Waals surface area (Å²) in [6, 6.07) is 0. The zero-order valence-electron chi connectivity index (χ0n) is 11.2. The van der Waals surface area contributed by atoms with Gasteiger partial charge in [0.2, 0.25) is 0 Å². The van der Waals surface area contributed by atoms with Crippen LogP contribution in [0.25, 0.3) is 0 Å². The third kappa shape index (κ3) is 6.68. The van der Waals surface area contributed by atoms with E-state index in [0.717, 1.165) is 18.4 Å². The molecule has 0 atom stereocenters. The van der Waals surface area contributed by atoms with E-state index in [2.05, 4.69) is 24.8 Å². The molecule has 0 aromatic rings. The van der Waals surface area contributed by atoms with Gasteiger partial charge in [-0.25, -0.2) is 0 Å². The average Bonchev–Trinajstić information content (AvgIpc) is 2.38. The Hall–Kier alpha value is -0.560. The molecule has 1 aliphatic carbocycles. The van der Waals surface area contributed by atoms with E-state index in [9.17, 15) is 0 Å². The van der Waals surface area contributed by atoms with Gasteiger partial charge in [-0.15, -0.1) is 6.58 Å². The van der Waals surface area contributed by atoms with Crippen LogP contribution in [0.15, 0.2) is 24.8 Å². The lowest BCUT2D eigenvalue weighted by molar-refractivity contribution is 0.356. The molecule has 2 N–H and O–H groups in total. The number of hydrogen-bond acceptors (Lipinski definition) is 1. The molecular weight excluding hydrogens is 206 g/mol. The molecule has 0 aromatic heterocycles. The Morgan fingerprint density at radius 2 is 1.59 bits per heavy atom. The highest BCUT2D eigenvalue weighted by molar-refractivity contribution is 4.93. The van der Waals surface area contributed by atoms with Gasteiger partial charge in [-0.05, 0) is 63.3 Å². The van der Waals surface area contributed by atoms with Gasteiger partial charge in [-0.2, -0.15) is 0 Å². The lowest BCUT2D eigenvalue weighted by Gasteiger charge is -2.24. The van der Waals surface area contributed by atoms with Crippen molar-refractivity contribution in [3.63, 3.8) is 0 Å². The Morgan fingerprint density at radius 1 is 0.941 bits per heavy atom. The van der Waals surface area contributed by atoms with Crippen molar-refractivity contribution in [3.05, 3.63) is 24.8 Å². The summed E-state index contributed by atoms with van der Waals surface area (Å²) in [6.45, 7) is 4.74. The molecule has 0 unspecified atom stereocenters. The van der Waals surface area contributed by atoms with E-state index in [0.29, 0.717) is 0 Å². The summed E-state index contributed by atoms with van der Waals surface area (Å²) < 4.78 is 0. The summed E-state index contributed by atoms with van der Waals surface area (Å²) in [4.78, 5) is 0. The molecular formula is C16H29N. The molecule has 0 aliphatic heterocycles. The maximum atomic E-state index is 5.47. The molecule has 0 saturated heterocycles. The van der Waals surface area contributed by atoms with Crippen molar-refractivity contribution >= 4 is 0 Å². The van der Waals surface area contributed by atoms with Crippen molar-refractivity contribution in [1.29, 1.82) is 0 Å². The fourth-order valence-corrected chi connectivity index (χ4v) is 2.62. The predicted octanol–water partition coefficient (Wildman–Crippen LogP) is 4.44. The van der Waals surface area contributed by atoms with E-state index in [1.54, 1.807) is 0 Å². The normalized spacial score (nSPS) is 25.2. The van der Waals surface area contributed by atoms with Gasteiger partial charge in [0.05, 0.1) is 0 Å². The smallest absolute Gasteiger partial charge is 0.00773 e. The van der Waals surface area contributed by atoms with E-state index in [4.69, 9.17) is 5.73 Å². The van der Waals surface area contributed by atoms with E-state index >= 15 is 0 Å². The zero-order chi connectivity index (χ0) is 12.3. The van der Waals surface area contributed by atoms with Gasteiger partial charge in [0, 0.05) is 0 Å². The molecule has 17 heavy (non-hydrogen) atoms. The number of allylic oxidation sites excluding steroid dienone is 3. The topological polar surface area (TPSA) is 26.0 Å². The van der Waals surface area contributed by atoms with Crippen LogP contribution in [-0.2, 0) is 0 Å². The van der Waals surface area contributed by atoms with Crippen LogP contribution in [0.5, 0.6) is 0 Å². The summed E-state index contributed by atoms with van der Waals surface area (Å²) >= 11 is 0. The van der Waals surface area contributed by atoms with E-state index in [-0.39, 0.29) is 0 Å². The maximum absolute atomic E-state index is 5.47. The van der Waals surface area contributed by atoms with E-state index in [1.807, 2.05) is 0 Å². The lowest BCUT2D eigenvalue weighted by Crippen LogP contribution is -2.10. The molecule has 1 rings (SSSR count). The first-order chi connectivity index (χ1) is 8.36. The van der Waals surface area contributed by atoms with Crippen LogP contribution in [0, 0.1) is 11.8 Å². The van der Waals surface area contributed by atoms with Gasteiger partial charge >= 0.3 is 0 Å². The van der Waals surface area contributed by atoms with E-state index in [1.165, 1.54) is 57.8 Å². The van der Waals surface area contributed by atoms with Crippen molar-refractivity contribution < 1.29 is 0 Å². The van der Waals surface area contributed by atoms with E-state index < -0.39 is 0 Å².